The van der Waals surface area contributed by atoms with Crippen LogP contribution >= 0.6 is 17.0 Å². The minimum absolute atomic E-state index is 0.0719. The van der Waals surface area contributed by atoms with Crippen molar-refractivity contribution in [2.45, 2.75) is 55.0 Å². The van der Waals surface area contributed by atoms with Crippen LogP contribution in [0.25, 0.3) is 45.2 Å². The van der Waals surface area contributed by atoms with Crippen LogP contribution in [0.15, 0.2) is 108 Å². The molecule has 0 bridgehead atoms. The zero-order valence-corrected chi connectivity index (χ0v) is 33.1. The van der Waals surface area contributed by atoms with Crippen molar-refractivity contribution in [1.29, 1.82) is 0 Å². The first-order valence-electron chi connectivity index (χ1n) is 16.7. The minimum atomic E-state index is -4.86. The summed E-state index contributed by atoms with van der Waals surface area (Å²) in [7, 11) is 17.4. The fourth-order valence-electron chi connectivity index (χ4n) is 8.67. The Morgan fingerprint density at radius 2 is 1.37 bits per heavy atom. The predicted molar refractivity (Wildman–Crippen MR) is 203 cm³/mol. The first kappa shape index (κ1) is 32.1. The van der Waals surface area contributed by atoms with E-state index in [1.54, 1.807) is 0 Å². The molecule has 2 atom stereocenters. The molecule has 5 aromatic rings. The maximum absolute atomic E-state index is 8.68. The second-order valence-electron chi connectivity index (χ2n) is 14.4. The number of hydrogen-bond acceptors (Lipinski definition) is 0. The van der Waals surface area contributed by atoms with Crippen LogP contribution in [0.3, 0.4) is 0 Å². The van der Waals surface area contributed by atoms with Gasteiger partial charge in [-0.05, 0) is 0 Å². The van der Waals surface area contributed by atoms with Gasteiger partial charge in [-0.15, -0.1) is 0 Å². The van der Waals surface area contributed by atoms with Gasteiger partial charge in [0.25, 0.3) is 0 Å². The van der Waals surface area contributed by atoms with E-state index in [1.807, 2.05) is 0 Å². The van der Waals surface area contributed by atoms with Gasteiger partial charge >= 0.3 is 286 Å². The van der Waals surface area contributed by atoms with Gasteiger partial charge in [0.05, 0.1) is 0 Å². The molecule has 2 aliphatic carbocycles. The molecule has 0 fully saturated rings. The molecule has 0 nitrogen and oxygen atoms in total. The molecule has 2 aliphatic rings. The molecule has 4 heteroatoms. The summed E-state index contributed by atoms with van der Waals surface area (Å²) in [6.45, 7) is 16.3. The van der Waals surface area contributed by atoms with Gasteiger partial charge in [-0.2, -0.15) is 0 Å². The van der Waals surface area contributed by atoms with Crippen LogP contribution in [-0.4, -0.2) is 5.92 Å². The van der Waals surface area contributed by atoms with E-state index in [4.69, 9.17) is 17.0 Å². The second-order valence-corrected chi connectivity index (χ2v) is 56.9. The van der Waals surface area contributed by atoms with Gasteiger partial charge < -0.3 is 0 Å². The van der Waals surface area contributed by atoms with Gasteiger partial charge in [-0.1, -0.05) is 0 Å². The van der Waals surface area contributed by atoms with E-state index in [0.717, 1.165) is 0 Å². The first-order chi connectivity index (χ1) is 21.9. The third-order valence-electron chi connectivity index (χ3n) is 11.0. The number of halogens is 2. The molecule has 5 aromatic carbocycles. The van der Waals surface area contributed by atoms with Crippen molar-refractivity contribution in [2.75, 3.05) is 0 Å². The molecule has 0 aliphatic heterocycles. The number of hydrogen-bond donors (Lipinski definition) is 0. The fraction of sp³-hybridized carbons (Fsp3) is 0.238. The van der Waals surface area contributed by atoms with Crippen molar-refractivity contribution in [2.24, 2.45) is 5.92 Å². The van der Waals surface area contributed by atoms with Crippen molar-refractivity contribution in [1.82, 2.24) is 0 Å². The molecule has 0 heterocycles. The van der Waals surface area contributed by atoms with Gasteiger partial charge in [0.15, 0.2) is 0 Å². The van der Waals surface area contributed by atoms with E-state index in [1.165, 1.54) is 77.6 Å². The van der Waals surface area contributed by atoms with Gasteiger partial charge in [-0.3, -0.25) is 0 Å². The van der Waals surface area contributed by atoms with Crippen LogP contribution in [0.5, 0.6) is 0 Å². The summed E-state index contributed by atoms with van der Waals surface area (Å²) in [6.07, 6.45) is 4.92. The molecule has 0 aromatic heterocycles. The molecule has 0 saturated carbocycles. The number of rotatable bonds is 6. The van der Waals surface area contributed by atoms with Crippen molar-refractivity contribution >= 4 is 45.9 Å². The summed E-state index contributed by atoms with van der Waals surface area (Å²) in [5, 5.41) is 2.54. The van der Waals surface area contributed by atoms with Crippen LogP contribution in [0, 0.1) is 19.8 Å². The molecule has 0 N–H and O–H groups in total. The molecule has 0 saturated heterocycles. The molecular formula is C42H43Cl2SiZr. The Labute approximate surface area is 284 Å². The number of aryl methyl sites for hydroxylation is 2. The predicted octanol–water partition coefficient (Wildman–Crippen LogP) is 13.0. The van der Waals surface area contributed by atoms with Gasteiger partial charge in [-0.25, -0.2) is 0 Å². The second kappa shape index (κ2) is 11.6. The van der Waals surface area contributed by atoms with E-state index in [2.05, 4.69) is 157 Å². The first-order valence-corrected chi connectivity index (χ1v) is 33.0. The molecule has 46 heavy (non-hydrogen) atoms. The summed E-state index contributed by atoms with van der Waals surface area (Å²) in [5.74, 6) is -1.31. The molecule has 2 unspecified atom stereocenters. The van der Waals surface area contributed by atoms with E-state index < -0.39 is 21.5 Å². The van der Waals surface area contributed by atoms with E-state index >= 15 is 0 Å². The van der Waals surface area contributed by atoms with E-state index in [9.17, 15) is 0 Å². The number of benzene rings is 5. The summed E-state index contributed by atoms with van der Waals surface area (Å²) in [6, 6.07) is 35.8. The third kappa shape index (κ3) is 4.77. The Kier molecular flexibility index (Phi) is 8.09. The van der Waals surface area contributed by atoms with Crippen LogP contribution < -0.4 is 0 Å². The SMILES string of the molecule is CC1=Cc2c(-c3cccc(C)c3)ccc(C)c2[CH]1[Zr]([Cl])([Cl])([CH]1C(C(C)C)=Cc2c(-c3cccc4ccccc34)cccc21)[SiH](C)C. The van der Waals surface area contributed by atoms with Crippen molar-refractivity contribution in [3.63, 3.8) is 0 Å². The van der Waals surface area contributed by atoms with Crippen molar-refractivity contribution < 1.29 is 15.6 Å². The van der Waals surface area contributed by atoms with Gasteiger partial charge in [0.2, 0.25) is 0 Å². The van der Waals surface area contributed by atoms with Crippen molar-refractivity contribution in [3.8, 4) is 22.3 Å². The fourth-order valence-corrected chi connectivity index (χ4v) is 40.9. The number of allylic oxidation sites excluding steroid dienone is 2. The van der Waals surface area contributed by atoms with Gasteiger partial charge in [0, 0.05) is 0 Å². The molecule has 0 amide bonds. The van der Waals surface area contributed by atoms with Crippen molar-refractivity contribution in [3.05, 3.63) is 142 Å². The summed E-state index contributed by atoms with van der Waals surface area (Å²) >= 11 is -4.86. The Hall–Kier alpha value is -2.48. The summed E-state index contributed by atoms with van der Waals surface area (Å²) in [5.41, 5.74) is 15.8. The quantitative estimate of drug-likeness (QED) is 0.152. The Bertz CT molecular complexity index is 2100. The zero-order valence-electron chi connectivity index (χ0n) is 28.0. The third-order valence-corrected chi connectivity index (χ3v) is 62.9. The average Bonchev–Trinajstić information content (AvgIpc) is 3.61. The van der Waals surface area contributed by atoms with Crippen LogP contribution in [0.4, 0.5) is 0 Å². The Balaban J connectivity index is 1.48. The molecule has 7 rings (SSSR count). The topological polar surface area (TPSA) is 0 Å². The molecule has 0 spiro atoms. The van der Waals surface area contributed by atoms with E-state index in [0.29, 0.717) is 5.92 Å². The normalized spacial score (nSPS) is 18.4. The monoisotopic (exact) mass is 735 g/mol. The molecule has 233 valence electrons. The molecular weight excluding hydrogens is 695 g/mol. The van der Waals surface area contributed by atoms with E-state index in [-0.39, 0.29) is 7.25 Å². The van der Waals surface area contributed by atoms with Crippen LogP contribution in [0.2, 0.25) is 13.1 Å². The van der Waals surface area contributed by atoms with Crippen LogP contribution in [-0.2, 0) is 15.6 Å². The summed E-state index contributed by atoms with van der Waals surface area (Å²) < 4.78 is 0.151. The Morgan fingerprint density at radius 1 is 0.674 bits per heavy atom. The standard InChI is InChI=1S/C22H19.C18H17.C2H7Si.2ClH.Zr/c1-15(2)18-13-17-9-6-12-21(22(17)14-18)20-11-5-8-16-7-3-4-10-19(16)20;1-12-5-4-6-15(9-12)16-8-7-14(3)17-10-13(2)11-18(16)17;1-3-2;;;/h3-15H,1-2H3;4-11H,1-3H3;3H,1-2H3;2*1H;/q;;;;;+2/p-2. The van der Waals surface area contributed by atoms with Gasteiger partial charge in [0.1, 0.15) is 0 Å². The maximum atomic E-state index is 8.68. The average molecular weight is 738 g/mol. The molecule has 0 radical (unpaired) electrons. The zero-order chi connectivity index (χ0) is 32.6. The Morgan fingerprint density at radius 3 is 2.11 bits per heavy atom. The summed E-state index contributed by atoms with van der Waals surface area (Å²) in [4.78, 5) is 0. The number of fused-ring (bicyclic) bond motifs is 3. The van der Waals surface area contributed by atoms with Crippen LogP contribution in [0.1, 0.15) is 61.4 Å².